The van der Waals surface area contributed by atoms with Crippen molar-refractivity contribution in [3.05, 3.63) is 293 Å². The number of rotatable bonds is 11. The highest BCUT2D eigenvalue weighted by Crippen LogP contribution is 2.43. The van der Waals surface area contributed by atoms with Crippen LogP contribution in [0.25, 0.3) is 111 Å². The van der Waals surface area contributed by atoms with Crippen LogP contribution in [0.4, 0.5) is 22.0 Å². The van der Waals surface area contributed by atoms with Gasteiger partial charge in [-0.05, 0) is 393 Å². The first-order chi connectivity index (χ1) is 62.1. The molecule has 3 fully saturated rings. The van der Waals surface area contributed by atoms with Crippen molar-refractivity contribution >= 4 is 54.5 Å². The van der Waals surface area contributed by atoms with Crippen LogP contribution in [0.5, 0.6) is 0 Å². The van der Waals surface area contributed by atoms with Crippen molar-refractivity contribution in [3.63, 3.8) is 0 Å². The Labute approximate surface area is 754 Å². The fraction of sp³-hybridized carbons (Fsp3) is 0.375. The zero-order valence-corrected chi connectivity index (χ0v) is 78.8. The van der Waals surface area contributed by atoms with E-state index in [0.717, 1.165) is 162 Å². The summed E-state index contributed by atoms with van der Waals surface area (Å²) in [5.74, 6) is 0.289. The molecule has 127 heavy (non-hydrogen) atoms. The van der Waals surface area contributed by atoms with Crippen LogP contribution in [0.1, 0.15) is 245 Å². The number of aromatic nitrogens is 10. The minimum Gasteiger partial charge on any atom is -0.232 e. The van der Waals surface area contributed by atoms with E-state index in [-0.39, 0.29) is 29.1 Å². The monoisotopic (exact) mass is 1710 g/mol. The lowest BCUT2D eigenvalue weighted by Crippen LogP contribution is -2.32. The maximum Gasteiger partial charge on any atom is 0.287 e. The number of hydrogen-bond acceptors (Lipinski definition) is 5. The lowest BCUT2D eigenvalue weighted by Gasteiger charge is -2.14. The molecule has 0 spiro atoms. The molecule has 0 bridgehead atoms. The molecule has 5 heterocycles. The quantitative estimate of drug-likeness (QED) is 0.0952. The Kier molecular flexibility index (Phi) is 26.0. The number of halogens is 5. The van der Waals surface area contributed by atoms with E-state index in [2.05, 4.69) is 125 Å². The highest BCUT2D eigenvalue weighted by Gasteiger charge is 2.30. The van der Waals surface area contributed by atoms with Crippen molar-refractivity contribution in [2.75, 3.05) is 0 Å². The Morgan fingerprint density at radius 3 is 0.858 bits per heavy atom. The van der Waals surface area contributed by atoms with Crippen molar-refractivity contribution in [2.24, 2.45) is 41.2 Å². The predicted octanol–water partition coefficient (Wildman–Crippen LogP) is 26.2. The van der Waals surface area contributed by atoms with Crippen LogP contribution < -0.4 is 22.8 Å². The van der Waals surface area contributed by atoms with Crippen LogP contribution in [-0.4, -0.2) is 24.9 Å². The Balaban J connectivity index is 0.000000132. The minimum atomic E-state index is -2.45. The molecular formula is C112H128F5N10+5. The standard InChI is InChI=1S/C24H28FN2.2C23H26FN2.2C21H24FN2/c1-15-11-21(16(2)17(3)23(15)25)24-20-10-9-19(12-18-7-5-6-8-18)13-22(20)26-14-27(24)4;2*1-14-11-20(15(2)16(3)22(14)24)23-19-10-9-18(17-7-5-6-8-17)12-21(19)25-13-26(23)4;2*1-12(2)16-7-8-17-19(10-16)23-11-24(6)21(17)18-9-13(3)20(22)15(5)14(18)4/h9-11,13-14,18H,5-8,12H2,1-4H3;2*9-13,17H,5-8H2,1-4H3;2*7-12H,1-6H3/q5*+1/i;;;1D3,12D;. The third kappa shape index (κ3) is 18.6. The molecule has 10 nitrogen and oxygen atoms in total. The summed E-state index contributed by atoms with van der Waals surface area (Å²) in [6.07, 6.45) is 26.2. The van der Waals surface area contributed by atoms with E-state index >= 15 is 0 Å². The van der Waals surface area contributed by atoms with Crippen molar-refractivity contribution in [1.29, 1.82) is 0 Å². The third-order valence-electron chi connectivity index (χ3n) is 28.1. The summed E-state index contributed by atoms with van der Waals surface area (Å²) in [5.41, 5.74) is 32.7. The van der Waals surface area contributed by atoms with Crippen LogP contribution in [-0.2, 0) is 41.7 Å². The zero-order valence-electron chi connectivity index (χ0n) is 82.8. The van der Waals surface area contributed by atoms with E-state index in [0.29, 0.717) is 67.8 Å². The van der Waals surface area contributed by atoms with E-state index in [1.165, 1.54) is 106 Å². The third-order valence-corrected chi connectivity index (χ3v) is 28.1. The van der Waals surface area contributed by atoms with E-state index in [4.69, 9.17) is 5.48 Å². The van der Waals surface area contributed by atoms with Gasteiger partial charge in [-0.1, -0.05) is 109 Å². The summed E-state index contributed by atoms with van der Waals surface area (Å²) < 4.78 is 113. The van der Waals surface area contributed by atoms with Gasteiger partial charge in [0, 0.05) is 33.3 Å². The normalized spacial score (nSPS) is 14.7. The second kappa shape index (κ2) is 38.2. The largest absolute Gasteiger partial charge is 0.287 e. The molecule has 3 aliphatic rings. The van der Waals surface area contributed by atoms with Gasteiger partial charge in [-0.15, -0.1) is 0 Å². The van der Waals surface area contributed by atoms with Crippen molar-refractivity contribution < 1.29 is 50.3 Å². The number of fused-ring (bicyclic) bond motifs is 5. The average Bonchev–Trinajstić information content (AvgIpc) is 1.53. The van der Waals surface area contributed by atoms with Gasteiger partial charge in [-0.25, -0.2) is 44.8 Å². The minimum absolute atomic E-state index is 0.101. The Morgan fingerprint density at radius 1 is 0.315 bits per heavy atom. The first kappa shape index (κ1) is 86.3. The van der Waals surface area contributed by atoms with Crippen LogP contribution >= 0.6 is 0 Å². The second-order valence-corrected chi connectivity index (χ2v) is 37.1. The fourth-order valence-corrected chi connectivity index (χ4v) is 19.7. The molecule has 10 aromatic carbocycles. The molecule has 15 heteroatoms. The van der Waals surface area contributed by atoms with Crippen molar-refractivity contribution in [1.82, 2.24) is 24.9 Å². The molecule has 0 N–H and O–H groups in total. The lowest BCUT2D eigenvalue weighted by molar-refractivity contribution is -0.662. The first-order valence-corrected chi connectivity index (χ1v) is 45.3. The topological polar surface area (TPSA) is 83.8 Å². The van der Waals surface area contributed by atoms with Crippen molar-refractivity contribution in [3.8, 4) is 56.3 Å². The van der Waals surface area contributed by atoms with Gasteiger partial charge in [0.05, 0.1) is 62.2 Å². The van der Waals surface area contributed by atoms with Gasteiger partial charge in [0.1, 0.15) is 57.6 Å². The van der Waals surface area contributed by atoms with Gasteiger partial charge in [0.15, 0.2) is 27.6 Å². The molecule has 18 rings (SSSR count). The van der Waals surface area contributed by atoms with Crippen LogP contribution in [0.3, 0.4) is 0 Å². The molecule has 0 saturated heterocycles. The lowest BCUT2D eigenvalue weighted by atomic mass is 9.93. The maximum absolute atomic E-state index is 14.3. The van der Waals surface area contributed by atoms with E-state index in [1.54, 1.807) is 38.4 Å². The van der Waals surface area contributed by atoms with Crippen molar-refractivity contribution in [2.45, 2.75) is 239 Å². The Hall–Kier alpha value is -11.5. The Bertz CT molecular complexity index is 6820. The van der Waals surface area contributed by atoms with Gasteiger partial charge >= 0.3 is 0 Å². The number of hydrogen-bond donors (Lipinski definition) is 0. The van der Waals surface area contributed by atoms with Crippen LogP contribution in [0.15, 0.2) is 153 Å². The SMILES string of the molecule is Cc1cc(-c2c3ccc(C(C)C)cc3nc[n+]2C)c(C)c(C)c1F.Cc1cc(-c2c3ccc(C4CCCC4)cc3nc[n+]2C)c(C)c(C)c1F.Cc1cc(-c2c3ccc(C4CCCC4)cc3nc[n+]2C)c(C)c(C)c1F.Cc1cc(-c2c3ccc(CC4CCCC4)cc3nc[n+]2C)c(C)c(C)c1F.[2H]C([2H])([2H])C([2H])(C)c1ccc2c(-c3cc(C)c(F)c(C)c3C)[n+](C)cnc2c1. The average molecular weight is 1710 g/mol. The molecule has 1 unspecified atom stereocenters. The summed E-state index contributed by atoms with van der Waals surface area (Å²) in [4.78, 5) is 23.1. The van der Waals surface area contributed by atoms with E-state index in [1.807, 2.05) is 190 Å². The van der Waals surface area contributed by atoms with Gasteiger partial charge in [0.25, 0.3) is 31.6 Å². The smallest absolute Gasteiger partial charge is 0.232 e. The fourth-order valence-electron chi connectivity index (χ4n) is 19.7. The number of aryl methyl sites for hydroxylation is 10. The van der Waals surface area contributed by atoms with Crippen LogP contribution in [0.2, 0.25) is 0 Å². The van der Waals surface area contributed by atoms with Gasteiger partial charge < -0.3 is 0 Å². The summed E-state index contributed by atoms with van der Waals surface area (Å²) >= 11 is 0. The molecular weight excluding hydrogens is 1580 g/mol. The summed E-state index contributed by atoms with van der Waals surface area (Å²) in [5, 5.41) is 5.31. The molecule has 3 aliphatic carbocycles. The van der Waals surface area contributed by atoms with Crippen LogP contribution in [0, 0.1) is 139 Å². The number of nitrogens with zero attached hydrogens (tertiary/aromatic N) is 10. The van der Waals surface area contributed by atoms with E-state index < -0.39 is 12.7 Å². The number of benzene rings is 10. The maximum atomic E-state index is 14.3. The highest BCUT2D eigenvalue weighted by molar-refractivity contribution is 5.96. The van der Waals surface area contributed by atoms with Gasteiger partial charge in [-0.2, -0.15) is 0 Å². The molecule has 656 valence electrons. The highest BCUT2D eigenvalue weighted by atomic mass is 19.1. The zero-order chi connectivity index (χ0) is 94.6. The summed E-state index contributed by atoms with van der Waals surface area (Å²) in [7, 11) is 9.91. The van der Waals surface area contributed by atoms with Gasteiger partial charge in [-0.3, -0.25) is 0 Å². The summed E-state index contributed by atoms with van der Waals surface area (Å²) in [6.45, 7) is 31.5. The molecule has 0 amide bonds. The summed E-state index contributed by atoms with van der Waals surface area (Å²) in [6, 6.07) is 41.5. The van der Waals surface area contributed by atoms with E-state index in [9.17, 15) is 22.0 Å². The molecule has 5 aromatic heterocycles. The molecule has 1 atom stereocenters. The molecule has 15 aromatic rings. The molecule has 3 saturated carbocycles. The molecule has 0 radical (unpaired) electrons. The second-order valence-electron chi connectivity index (χ2n) is 37.1. The first-order valence-electron chi connectivity index (χ1n) is 47.3. The molecule has 0 aliphatic heterocycles. The Morgan fingerprint density at radius 2 is 0.567 bits per heavy atom. The predicted molar refractivity (Wildman–Crippen MR) is 509 cm³/mol. The van der Waals surface area contributed by atoms with Gasteiger partial charge in [0.2, 0.25) is 0 Å².